The predicted molar refractivity (Wildman–Crippen MR) is 72.1 cm³/mol. The van der Waals surface area contributed by atoms with E-state index in [0.717, 1.165) is 12.1 Å². The Bertz CT molecular complexity index is 672. The molecule has 0 saturated heterocycles. The van der Waals surface area contributed by atoms with Crippen LogP contribution in [0.1, 0.15) is 27.3 Å². The van der Waals surface area contributed by atoms with E-state index in [1.807, 2.05) is 0 Å². The fraction of sp³-hybridized carbons (Fsp3) is 0.286. The van der Waals surface area contributed by atoms with Crippen molar-refractivity contribution < 1.29 is 18.0 Å². The maximum absolute atomic E-state index is 12.5. The fourth-order valence-electron chi connectivity index (χ4n) is 2.04. The van der Waals surface area contributed by atoms with Crippen LogP contribution in [0.3, 0.4) is 0 Å². The molecule has 0 aliphatic rings. The number of benzene rings is 1. The molecule has 7 heteroatoms. The van der Waals surface area contributed by atoms with Crippen molar-refractivity contribution in [3.05, 3.63) is 46.8 Å². The average molecular weight is 297 g/mol. The summed E-state index contributed by atoms with van der Waals surface area (Å²) in [5.74, 6) is -0.391. The van der Waals surface area contributed by atoms with E-state index in [9.17, 15) is 18.0 Å². The molecule has 0 spiro atoms. The van der Waals surface area contributed by atoms with Gasteiger partial charge in [-0.15, -0.1) is 0 Å². The van der Waals surface area contributed by atoms with Crippen LogP contribution in [0.25, 0.3) is 0 Å². The lowest BCUT2D eigenvalue weighted by Gasteiger charge is -2.09. The van der Waals surface area contributed by atoms with Crippen molar-refractivity contribution in [2.24, 2.45) is 7.05 Å². The molecule has 1 aromatic heterocycles. The van der Waals surface area contributed by atoms with E-state index in [2.05, 4.69) is 10.4 Å². The van der Waals surface area contributed by atoms with Gasteiger partial charge in [0.05, 0.1) is 16.8 Å². The Kier molecular flexibility index (Phi) is 3.76. The quantitative estimate of drug-likeness (QED) is 0.924. The molecular weight excluding hydrogens is 283 g/mol. The minimum Gasteiger partial charge on any atom is -0.322 e. The Labute approximate surface area is 119 Å². The molecule has 0 atom stereocenters. The average Bonchev–Trinajstić information content (AvgIpc) is 2.62. The van der Waals surface area contributed by atoms with Gasteiger partial charge in [0.15, 0.2) is 0 Å². The van der Waals surface area contributed by atoms with Gasteiger partial charge in [0, 0.05) is 18.4 Å². The first kappa shape index (κ1) is 15.1. The fourth-order valence-corrected chi connectivity index (χ4v) is 2.04. The zero-order valence-electron chi connectivity index (χ0n) is 11.7. The number of amides is 1. The summed E-state index contributed by atoms with van der Waals surface area (Å²) in [4.78, 5) is 12.2. The van der Waals surface area contributed by atoms with Crippen molar-refractivity contribution in [1.29, 1.82) is 0 Å². The molecule has 0 aliphatic carbocycles. The number of alkyl halides is 3. The molecule has 4 nitrogen and oxygen atoms in total. The van der Waals surface area contributed by atoms with Gasteiger partial charge in [-0.25, -0.2) is 0 Å². The smallest absolute Gasteiger partial charge is 0.322 e. The van der Waals surface area contributed by atoms with E-state index < -0.39 is 17.6 Å². The number of nitrogens with zero attached hydrogens (tertiary/aromatic N) is 2. The number of halogens is 3. The molecule has 0 bridgehead atoms. The first-order chi connectivity index (χ1) is 9.70. The molecule has 1 amide bonds. The van der Waals surface area contributed by atoms with Crippen LogP contribution in [0.15, 0.2) is 24.3 Å². The summed E-state index contributed by atoms with van der Waals surface area (Å²) in [7, 11) is 1.72. The van der Waals surface area contributed by atoms with Gasteiger partial charge in [-0.3, -0.25) is 9.48 Å². The zero-order valence-corrected chi connectivity index (χ0v) is 11.7. The van der Waals surface area contributed by atoms with Crippen molar-refractivity contribution in [1.82, 2.24) is 9.78 Å². The van der Waals surface area contributed by atoms with Crippen molar-refractivity contribution in [2.75, 3.05) is 5.32 Å². The topological polar surface area (TPSA) is 46.9 Å². The van der Waals surface area contributed by atoms with Gasteiger partial charge in [-0.05, 0) is 38.1 Å². The van der Waals surface area contributed by atoms with Gasteiger partial charge < -0.3 is 5.32 Å². The summed E-state index contributed by atoms with van der Waals surface area (Å²) >= 11 is 0. The standard InChI is InChI=1S/C14H14F3N3O/c1-8-12(9(2)20(3)19-8)13(21)18-11-6-4-10(5-7-11)14(15,16)17/h4-7H,1-3H3,(H,18,21). The van der Waals surface area contributed by atoms with Gasteiger partial charge in [0.1, 0.15) is 0 Å². The molecule has 1 N–H and O–H groups in total. The molecule has 0 fully saturated rings. The highest BCUT2D eigenvalue weighted by Gasteiger charge is 2.30. The van der Waals surface area contributed by atoms with E-state index in [1.54, 1.807) is 25.6 Å². The third-order valence-corrected chi connectivity index (χ3v) is 3.21. The SMILES string of the molecule is Cc1nn(C)c(C)c1C(=O)Nc1ccc(C(F)(F)F)cc1. The summed E-state index contributed by atoms with van der Waals surface area (Å²) in [5, 5.41) is 6.70. The normalized spacial score (nSPS) is 11.5. The number of aryl methyl sites for hydroxylation is 2. The van der Waals surface area contributed by atoms with Crippen LogP contribution in [-0.2, 0) is 13.2 Å². The highest BCUT2D eigenvalue weighted by Crippen LogP contribution is 2.30. The Hall–Kier alpha value is -2.31. The zero-order chi connectivity index (χ0) is 15.8. The second kappa shape index (κ2) is 5.23. The van der Waals surface area contributed by atoms with Gasteiger partial charge in [0.25, 0.3) is 5.91 Å². The lowest BCUT2D eigenvalue weighted by molar-refractivity contribution is -0.137. The van der Waals surface area contributed by atoms with Crippen LogP contribution in [0.2, 0.25) is 0 Å². The minimum absolute atomic E-state index is 0.302. The molecule has 1 aromatic carbocycles. The molecule has 0 saturated carbocycles. The largest absolute Gasteiger partial charge is 0.416 e. The lowest BCUT2D eigenvalue weighted by Crippen LogP contribution is -2.14. The summed E-state index contributed by atoms with van der Waals surface area (Å²) < 4.78 is 39.0. The van der Waals surface area contributed by atoms with Gasteiger partial charge in [-0.1, -0.05) is 0 Å². The summed E-state index contributed by atoms with van der Waals surface area (Å²) in [6.07, 6.45) is -4.39. The summed E-state index contributed by atoms with van der Waals surface area (Å²) in [5.41, 5.74) is 1.23. The Balaban J connectivity index is 2.20. The molecule has 0 radical (unpaired) electrons. The maximum atomic E-state index is 12.5. The number of rotatable bonds is 2. The van der Waals surface area contributed by atoms with Gasteiger partial charge in [-0.2, -0.15) is 18.3 Å². The lowest BCUT2D eigenvalue weighted by atomic mass is 10.1. The second-order valence-electron chi connectivity index (χ2n) is 4.70. The van der Waals surface area contributed by atoms with Crippen LogP contribution >= 0.6 is 0 Å². The Morgan fingerprint density at radius 3 is 2.19 bits per heavy atom. The molecule has 1 heterocycles. The summed E-state index contributed by atoms with van der Waals surface area (Å²) in [6.45, 7) is 3.45. The van der Waals surface area contributed by atoms with E-state index in [-0.39, 0.29) is 0 Å². The monoisotopic (exact) mass is 297 g/mol. The number of anilines is 1. The number of hydrogen-bond donors (Lipinski definition) is 1. The highest BCUT2D eigenvalue weighted by atomic mass is 19.4. The number of aromatic nitrogens is 2. The van der Waals surface area contributed by atoms with Crippen molar-refractivity contribution >= 4 is 11.6 Å². The van der Waals surface area contributed by atoms with Crippen molar-refractivity contribution in [3.63, 3.8) is 0 Å². The van der Waals surface area contributed by atoms with Gasteiger partial charge >= 0.3 is 6.18 Å². The van der Waals surface area contributed by atoms with Crippen LogP contribution in [0, 0.1) is 13.8 Å². The first-order valence-corrected chi connectivity index (χ1v) is 6.19. The van der Waals surface area contributed by atoms with E-state index in [1.165, 1.54) is 12.1 Å². The maximum Gasteiger partial charge on any atom is 0.416 e. The Morgan fingerprint density at radius 2 is 1.76 bits per heavy atom. The Morgan fingerprint density at radius 1 is 1.19 bits per heavy atom. The first-order valence-electron chi connectivity index (χ1n) is 6.19. The molecule has 21 heavy (non-hydrogen) atoms. The van der Waals surface area contributed by atoms with Crippen LogP contribution in [-0.4, -0.2) is 15.7 Å². The van der Waals surface area contributed by atoms with E-state index in [4.69, 9.17) is 0 Å². The van der Waals surface area contributed by atoms with E-state index in [0.29, 0.717) is 22.6 Å². The molecular formula is C14H14F3N3O. The second-order valence-corrected chi connectivity index (χ2v) is 4.70. The van der Waals surface area contributed by atoms with Crippen molar-refractivity contribution in [3.8, 4) is 0 Å². The highest BCUT2D eigenvalue weighted by molar-refractivity contribution is 6.05. The van der Waals surface area contributed by atoms with Crippen LogP contribution < -0.4 is 5.32 Å². The number of nitrogens with one attached hydrogen (secondary N) is 1. The molecule has 0 unspecified atom stereocenters. The number of carbonyl (C=O) groups excluding carboxylic acids is 1. The molecule has 2 rings (SSSR count). The predicted octanol–water partition coefficient (Wildman–Crippen LogP) is 3.31. The van der Waals surface area contributed by atoms with Crippen molar-refractivity contribution in [2.45, 2.75) is 20.0 Å². The third-order valence-electron chi connectivity index (χ3n) is 3.21. The van der Waals surface area contributed by atoms with Crippen LogP contribution in [0.5, 0.6) is 0 Å². The molecule has 0 aliphatic heterocycles. The van der Waals surface area contributed by atoms with E-state index >= 15 is 0 Å². The third kappa shape index (κ3) is 3.07. The molecule has 2 aromatic rings. The summed E-state index contributed by atoms with van der Waals surface area (Å²) in [6, 6.07) is 4.31. The number of carbonyl (C=O) groups is 1. The number of hydrogen-bond acceptors (Lipinski definition) is 2. The minimum atomic E-state index is -4.39. The van der Waals surface area contributed by atoms with Gasteiger partial charge in [0.2, 0.25) is 0 Å². The molecule has 112 valence electrons. The van der Waals surface area contributed by atoms with Crippen LogP contribution in [0.4, 0.5) is 18.9 Å².